The SMILES string of the molecule is CN(C(=O)CSCc1nc2ccccc2s1)c1ccc(S(C)(=O)=O)cc1. The molecule has 26 heavy (non-hydrogen) atoms. The largest absolute Gasteiger partial charge is 0.315 e. The molecular formula is C18H18N2O3S3. The summed E-state index contributed by atoms with van der Waals surface area (Å²) in [6.45, 7) is 0. The highest BCUT2D eigenvalue weighted by Gasteiger charge is 2.13. The van der Waals surface area contributed by atoms with Crippen LogP contribution in [0.5, 0.6) is 0 Å². The lowest BCUT2D eigenvalue weighted by Crippen LogP contribution is -2.27. The molecule has 0 saturated heterocycles. The third-order valence-electron chi connectivity index (χ3n) is 3.82. The Kier molecular flexibility index (Phi) is 5.64. The van der Waals surface area contributed by atoms with Gasteiger partial charge < -0.3 is 4.90 Å². The van der Waals surface area contributed by atoms with E-state index in [4.69, 9.17) is 0 Å². The van der Waals surface area contributed by atoms with Crippen LogP contribution in [0.3, 0.4) is 0 Å². The summed E-state index contributed by atoms with van der Waals surface area (Å²) in [6.07, 6.45) is 1.16. The number of hydrogen-bond donors (Lipinski definition) is 0. The summed E-state index contributed by atoms with van der Waals surface area (Å²) in [4.78, 5) is 18.7. The first kappa shape index (κ1) is 18.9. The number of para-hydroxylation sites is 1. The molecule has 0 fully saturated rings. The zero-order valence-corrected chi connectivity index (χ0v) is 16.8. The molecule has 0 aliphatic carbocycles. The van der Waals surface area contributed by atoms with E-state index in [1.54, 1.807) is 30.5 Å². The van der Waals surface area contributed by atoms with Gasteiger partial charge in [-0.15, -0.1) is 23.1 Å². The summed E-state index contributed by atoms with van der Waals surface area (Å²) in [5.41, 5.74) is 1.66. The second kappa shape index (κ2) is 7.77. The molecule has 136 valence electrons. The molecule has 5 nitrogen and oxygen atoms in total. The molecule has 3 rings (SSSR count). The molecule has 1 amide bonds. The molecule has 3 aromatic rings. The van der Waals surface area contributed by atoms with Crippen molar-refractivity contribution in [2.45, 2.75) is 10.6 Å². The van der Waals surface area contributed by atoms with Gasteiger partial charge in [0.25, 0.3) is 0 Å². The Morgan fingerprint density at radius 2 is 1.85 bits per heavy atom. The number of fused-ring (bicyclic) bond motifs is 1. The minimum atomic E-state index is -3.23. The fraction of sp³-hybridized carbons (Fsp3) is 0.222. The predicted octanol–water partition coefficient (Wildman–Crippen LogP) is 3.60. The zero-order valence-electron chi connectivity index (χ0n) is 14.4. The lowest BCUT2D eigenvalue weighted by Gasteiger charge is -2.17. The van der Waals surface area contributed by atoms with E-state index in [1.807, 2.05) is 24.3 Å². The average Bonchev–Trinajstić information content (AvgIpc) is 3.03. The van der Waals surface area contributed by atoms with Crippen molar-refractivity contribution in [2.24, 2.45) is 0 Å². The molecule has 0 N–H and O–H groups in total. The molecule has 2 aromatic carbocycles. The highest BCUT2D eigenvalue weighted by Crippen LogP contribution is 2.25. The van der Waals surface area contributed by atoms with Gasteiger partial charge in [0.1, 0.15) is 5.01 Å². The van der Waals surface area contributed by atoms with Crippen LogP contribution >= 0.6 is 23.1 Å². The fourth-order valence-corrected chi connectivity index (χ4v) is 4.95. The summed E-state index contributed by atoms with van der Waals surface area (Å²) in [6, 6.07) is 14.3. The van der Waals surface area contributed by atoms with E-state index in [0.717, 1.165) is 21.5 Å². The number of thiazole rings is 1. The predicted molar refractivity (Wildman–Crippen MR) is 109 cm³/mol. The van der Waals surface area contributed by atoms with Gasteiger partial charge in [-0.05, 0) is 36.4 Å². The topological polar surface area (TPSA) is 67.3 Å². The molecule has 8 heteroatoms. The van der Waals surface area contributed by atoms with Crippen molar-refractivity contribution in [1.29, 1.82) is 0 Å². The van der Waals surface area contributed by atoms with Gasteiger partial charge in [0.15, 0.2) is 9.84 Å². The molecular weight excluding hydrogens is 388 g/mol. The van der Waals surface area contributed by atoms with E-state index in [9.17, 15) is 13.2 Å². The fourth-order valence-electron chi connectivity index (χ4n) is 2.37. The van der Waals surface area contributed by atoms with Crippen molar-refractivity contribution in [2.75, 3.05) is 24.0 Å². The van der Waals surface area contributed by atoms with Gasteiger partial charge in [-0.1, -0.05) is 12.1 Å². The van der Waals surface area contributed by atoms with Gasteiger partial charge in [-0.2, -0.15) is 0 Å². The molecule has 0 aliphatic rings. The van der Waals surface area contributed by atoms with Crippen LogP contribution in [0.2, 0.25) is 0 Å². The van der Waals surface area contributed by atoms with Crippen molar-refractivity contribution >= 4 is 54.7 Å². The number of thioether (sulfide) groups is 1. The highest BCUT2D eigenvalue weighted by atomic mass is 32.2. The maximum Gasteiger partial charge on any atom is 0.236 e. The van der Waals surface area contributed by atoms with Gasteiger partial charge in [-0.25, -0.2) is 13.4 Å². The van der Waals surface area contributed by atoms with E-state index < -0.39 is 9.84 Å². The second-order valence-corrected chi connectivity index (χ2v) is 9.90. The number of sulfone groups is 1. The highest BCUT2D eigenvalue weighted by molar-refractivity contribution is 7.99. The lowest BCUT2D eigenvalue weighted by atomic mass is 10.3. The molecule has 0 atom stereocenters. The maximum absolute atomic E-state index is 12.4. The summed E-state index contributed by atoms with van der Waals surface area (Å²) in [5, 5.41) is 1.00. The first-order chi connectivity index (χ1) is 12.3. The number of hydrogen-bond acceptors (Lipinski definition) is 6. The van der Waals surface area contributed by atoms with Crippen LogP contribution in [-0.4, -0.2) is 38.4 Å². The second-order valence-electron chi connectivity index (χ2n) is 5.79. The number of rotatable bonds is 6. The monoisotopic (exact) mass is 406 g/mol. The number of amides is 1. The normalized spacial score (nSPS) is 11.6. The Labute approximate surface area is 161 Å². The minimum Gasteiger partial charge on any atom is -0.315 e. The first-order valence-electron chi connectivity index (χ1n) is 7.83. The van der Waals surface area contributed by atoms with Gasteiger partial charge in [0.05, 0.1) is 20.9 Å². The van der Waals surface area contributed by atoms with Crippen LogP contribution in [0.1, 0.15) is 5.01 Å². The molecule has 0 spiro atoms. The summed E-state index contributed by atoms with van der Waals surface area (Å²) in [7, 11) is -1.54. The van der Waals surface area contributed by atoms with Gasteiger partial charge in [0.2, 0.25) is 5.91 Å². The maximum atomic E-state index is 12.4. The van der Waals surface area contributed by atoms with Gasteiger partial charge >= 0.3 is 0 Å². The summed E-state index contributed by atoms with van der Waals surface area (Å²) >= 11 is 3.16. The number of anilines is 1. The molecule has 0 bridgehead atoms. The van der Waals surface area contributed by atoms with Crippen molar-refractivity contribution < 1.29 is 13.2 Å². The standard InChI is InChI=1S/C18H18N2O3S3/c1-20(13-7-9-14(10-8-13)26(2,22)23)18(21)12-24-11-17-19-15-5-3-4-6-16(15)25-17/h3-10H,11-12H2,1-2H3. The van der Waals surface area contributed by atoms with E-state index in [0.29, 0.717) is 17.2 Å². The molecule has 0 radical (unpaired) electrons. The van der Waals surface area contributed by atoms with Crippen LogP contribution in [0, 0.1) is 0 Å². The minimum absolute atomic E-state index is 0.0387. The smallest absolute Gasteiger partial charge is 0.236 e. The number of carbonyl (C=O) groups excluding carboxylic acids is 1. The average molecular weight is 407 g/mol. The number of carbonyl (C=O) groups is 1. The first-order valence-corrected chi connectivity index (χ1v) is 11.7. The van der Waals surface area contributed by atoms with Crippen molar-refractivity contribution in [3.8, 4) is 0 Å². The zero-order chi connectivity index (χ0) is 18.7. The lowest BCUT2D eigenvalue weighted by molar-refractivity contribution is -0.115. The third kappa shape index (κ3) is 4.44. The van der Waals surface area contributed by atoms with Crippen LogP contribution in [0.25, 0.3) is 10.2 Å². The summed E-state index contributed by atoms with van der Waals surface area (Å²) < 4.78 is 24.2. The third-order valence-corrected chi connectivity index (χ3v) is 7.09. The van der Waals surface area contributed by atoms with E-state index >= 15 is 0 Å². The number of nitrogens with zero attached hydrogens (tertiary/aromatic N) is 2. The van der Waals surface area contributed by atoms with Crippen molar-refractivity contribution in [1.82, 2.24) is 4.98 Å². The van der Waals surface area contributed by atoms with E-state index in [1.165, 1.54) is 28.8 Å². The van der Waals surface area contributed by atoms with Crippen molar-refractivity contribution in [3.63, 3.8) is 0 Å². The quantitative estimate of drug-likeness (QED) is 0.626. The van der Waals surface area contributed by atoms with Crippen LogP contribution in [0.4, 0.5) is 5.69 Å². The number of aromatic nitrogens is 1. The Hall–Kier alpha value is -1.90. The summed E-state index contributed by atoms with van der Waals surface area (Å²) in [5.74, 6) is 0.981. The molecule has 0 aliphatic heterocycles. The van der Waals surface area contributed by atoms with Crippen LogP contribution < -0.4 is 4.90 Å². The van der Waals surface area contributed by atoms with Crippen LogP contribution in [-0.2, 0) is 20.4 Å². The Balaban J connectivity index is 1.57. The number of benzene rings is 2. The van der Waals surface area contributed by atoms with Crippen molar-refractivity contribution in [3.05, 3.63) is 53.5 Å². The van der Waals surface area contributed by atoms with Gasteiger partial charge in [0, 0.05) is 24.7 Å². The molecule has 0 unspecified atom stereocenters. The van der Waals surface area contributed by atoms with E-state index in [2.05, 4.69) is 4.98 Å². The van der Waals surface area contributed by atoms with Crippen LogP contribution in [0.15, 0.2) is 53.4 Å². The molecule has 1 heterocycles. The van der Waals surface area contributed by atoms with E-state index in [-0.39, 0.29) is 10.8 Å². The Bertz CT molecular complexity index is 994. The molecule has 1 aromatic heterocycles. The Morgan fingerprint density at radius 3 is 2.50 bits per heavy atom. The Morgan fingerprint density at radius 1 is 1.15 bits per heavy atom. The van der Waals surface area contributed by atoms with Gasteiger partial charge in [-0.3, -0.25) is 4.79 Å². The molecule has 0 saturated carbocycles.